The summed E-state index contributed by atoms with van der Waals surface area (Å²) >= 11 is 0. The molecule has 2 N–H and O–H groups in total. The minimum absolute atomic E-state index is 0.0648. The van der Waals surface area contributed by atoms with Crippen molar-refractivity contribution in [1.82, 2.24) is 10.6 Å². The van der Waals surface area contributed by atoms with E-state index < -0.39 is 5.54 Å². The Morgan fingerprint density at radius 3 is 2.04 bits per heavy atom. The van der Waals surface area contributed by atoms with Crippen LogP contribution in [0, 0.1) is 11.3 Å². The van der Waals surface area contributed by atoms with Gasteiger partial charge >= 0.3 is 5.97 Å². The largest absolute Gasteiger partial charge is 0.462 e. The zero-order chi connectivity index (χ0) is 21.3. The molecule has 6 nitrogen and oxygen atoms in total. The highest BCUT2D eigenvalue weighted by Gasteiger charge is 2.32. The molecule has 0 heterocycles. The molecule has 160 valence electrons. The first kappa shape index (κ1) is 26.0. The Bertz CT molecular complexity index is 471. The number of hydrogen-bond donors (Lipinski definition) is 2. The Morgan fingerprint density at radius 1 is 0.926 bits per heavy atom. The number of Topliss-reactive ketones (excluding diaryl/α,β-unsaturated/α-hetero) is 1. The van der Waals surface area contributed by atoms with Crippen LogP contribution >= 0.6 is 0 Å². The molecule has 6 heteroatoms. The second kappa shape index (κ2) is 11.1. The van der Waals surface area contributed by atoms with E-state index in [1.54, 1.807) is 13.8 Å². The normalized spacial score (nSPS) is 13.1. The molecule has 27 heavy (non-hydrogen) atoms. The van der Waals surface area contributed by atoms with Crippen molar-refractivity contribution in [2.45, 2.75) is 79.8 Å². The second-order valence-electron chi connectivity index (χ2n) is 9.19. The summed E-state index contributed by atoms with van der Waals surface area (Å²) < 4.78 is 10.8. The predicted molar refractivity (Wildman–Crippen MR) is 110 cm³/mol. The summed E-state index contributed by atoms with van der Waals surface area (Å²) in [5, 5.41) is 6.46. The van der Waals surface area contributed by atoms with E-state index in [1.165, 1.54) is 0 Å². The molecule has 0 bridgehead atoms. The van der Waals surface area contributed by atoms with Gasteiger partial charge < -0.3 is 14.8 Å². The standard InChI is InChI=1S/C21H42N2O4/c1-10-19(4,5)17(24)15-23-21(8,9)18(25)27-14-13-26-12-11-22-20(6,7)16(2)3/h16,22-23H,10-15H2,1-9H3. The zero-order valence-corrected chi connectivity index (χ0v) is 19.0. The van der Waals surface area contributed by atoms with E-state index in [2.05, 4.69) is 38.3 Å². The van der Waals surface area contributed by atoms with E-state index in [0.29, 0.717) is 19.1 Å². The molecular formula is C21H42N2O4. The van der Waals surface area contributed by atoms with E-state index in [1.807, 2.05) is 20.8 Å². The van der Waals surface area contributed by atoms with Gasteiger partial charge in [-0.05, 0) is 40.0 Å². The molecule has 0 aromatic carbocycles. The maximum Gasteiger partial charge on any atom is 0.325 e. The van der Waals surface area contributed by atoms with E-state index in [0.717, 1.165) is 13.0 Å². The molecule has 0 saturated heterocycles. The third-order valence-electron chi connectivity index (χ3n) is 5.57. The van der Waals surface area contributed by atoms with Crippen LogP contribution in [0.2, 0.25) is 0 Å². The maximum atomic E-state index is 12.2. The van der Waals surface area contributed by atoms with Crippen LogP contribution in [-0.4, -0.2) is 55.7 Å². The molecule has 0 unspecified atom stereocenters. The maximum absolute atomic E-state index is 12.2. The topological polar surface area (TPSA) is 76.7 Å². The Hall–Kier alpha value is -0.980. The quantitative estimate of drug-likeness (QED) is 0.353. The Balaban J connectivity index is 4.05. The molecule has 0 aromatic rings. The lowest BCUT2D eigenvalue weighted by atomic mass is 9.85. The third kappa shape index (κ3) is 9.67. The van der Waals surface area contributed by atoms with Gasteiger partial charge in [0.05, 0.1) is 19.8 Å². The lowest BCUT2D eigenvalue weighted by Gasteiger charge is -2.30. The molecule has 0 saturated carbocycles. The van der Waals surface area contributed by atoms with Crippen LogP contribution in [0.1, 0.15) is 68.7 Å². The van der Waals surface area contributed by atoms with Gasteiger partial charge in [-0.25, -0.2) is 0 Å². The van der Waals surface area contributed by atoms with Crippen LogP contribution in [0.15, 0.2) is 0 Å². The van der Waals surface area contributed by atoms with Gasteiger partial charge in [0, 0.05) is 17.5 Å². The molecule has 0 amide bonds. The van der Waals surface area contributed by atoms with Crippen molar-refractivity contribution in [2.75, 3.05) is 32.9 Å². The highest BCUT2D eigenvalue weighted by molar-refractivity contribution is 5.87. The van der Waals surface area contributed by atoms with Crippen molar-refractivity contribution in [3.8, 4) is 0 Å². The summed E-state index contributed by atoms with van der Waals surface area (Å²) in [5.41, 5.74) is -1.24. The summed E-state index contributed by atoms with van der Waals surface area (Å²) in [6, 6.07) is 0. The van der Waals surface area contributed by atoms with Crippen LogP contribution in [0.5, 0.6) is 0 Å². The predicted octanol–water partition coefficient (Wildman–Crippen LogP) is 2.94. The van der Waals surface area contributed by atoms with Gasteiger partial charge in [-0.2, -0.15) is 0 Å². The molecule has 0 rings (SSSR count). The number of carbonyl (C=O) groups is 2. The fourth-order valence-electron chi connectivity index (χ4n) is 1.94. The Morgan fingerprint density at radius 2 is 1.52 bits per heavy atom. The van der Waals surface area contributed by atoms with Gasteiger partial charge in [0.1, 0.15) is 12.1 Å². The molecule has 0 aliphatic carbocycles. The fraction of sp³-hybridized carbons (Fsp3) is 0.905. The Kier molecular flexibility index (Phi) is 10.7. The summed E-state index contributed by atoms with van der Waals surface area (Å²) in [6.07, 6.45) is 0.763. The summed E-state index contributed by atoms with van der Waals surface area (Å²) in [5.74, 6) is 0.237. The van der Waals surface area contributed by atoms with Crippen molar-refractivity contribution >= 4 is 11.8 Å². The van der Waals surface area contributed by atoms with E-state index >= 15 is 0 Å². The number of hydrogen-bond acceptors (Lipinski definition) is 6. The minimum Gasteiger partial charge on any atom is -0.462 e. The van der Waals surface area contributed by atoms with E-state index in [4.69, 9.17) is 9.47 Å². The smallest absolute Gasteiger partial charge is 0.325 e. The Labute approximate surface area is 166 Å². The lowest BCUT2D eigenvalue weighted by molar-refractivity contribution is -0.152. The van der Waals surface area contributed by atoms with Gasteiger partial charge in [0.15, 0.2) is 5.78 Å². The van der Waals surface area contributed by atoms with Crippen LogP contribution in [0.25, 0.3) is 0 Å². The second-order valence-corrected chi connectivity index (χ2v) is 9.19. The monoisotopic (exact) mass is 386 g/mol. The van der Waals surface area contributed by atoms with E-state index in [-0.39, 0.29) is 35.9 Å². The molecule has 0 aliphatic rings. The number of carbonyl (C=O) groups excluding carboxylic acids is 2. The number of nitrogens with one attached hydrogen (secondary N) is 2. The zero-order valence-electron chi connectivity index (χ0n) is 19.0. The first-order chi connectivity index (χ1) is 12.3. The van der Waals surface area contributed by atoms with Gasteiger partial charge in [-0.1, -0.05) is 34.6 Å². The molecule has 0 fully saturated rings. The molecule has 0 spiro atoms. The minimum atomic E-state index is -0.914. The number of rotatable bonds is 14. The van der Waals surface area contributed by atoms with Gasteiger partial charge in [-0.15, -0.1) is 0 Å². The van der Waals surface area contributed by atoms with Gasteiger partial charge in [-0.3, -0.25) is 14.9 Å². The van der Waals surface area contributed by atoms with Crippen molar-refractivity contribution in [3.05, 3.63) is 0 Å². The van der Waals surface area contributed by atoms with Crippen LogP contribution in [0.4, 0.5) is 0 Å². The molecular weight excluding hydrogens is 344 g/mol. The highest BCUT2D eigenvalue weighted by Crippen LogP contribution is 2.20. The molecule has 0 radical (unpaired) electrons. The van der Waals surface area contributed by atoms with Gasteiger partial charge in [0.25, 0.3) is 0 Å². The number of ether oxygens (including phenoxy) is 2. The van der Waals surface area contributed by atoms with E-state index in [9.17, 15) is 9.59 Å². The van der Waals surface area contributed by atoms with Crippen LogP contribution in [-0.2, 0) is 19.1 Å². The first-order valence-corrected chi connectivity index (χ1v) is 10.0. The summed E-state index contributed by atoms with van der Waals surface area (Å²) in [4.78, 5) is 24.4. The molecule has 0 atom stereocenters. The fourth-order valence-corrected chi connectivity index (χ4v) is 1.94. The average molecular weight is 387 g/mol. The third-order valence-corrected chi connectivity index (χ3v) is 5.57. The molecule has 0 aromatic heterocycles. The van der Waals surface area contributed by atoms with Crippen molar-refractivity contribution in [3.63, 3.8) is 0 Å². The van der Waals surface area contributed by atoms with Crippen molar-refractivity contribution in [1.29, 1.82) is 0 Å². The summed E-state index contributed by atoms with van der Waals surface area (Å²) in [7, 11) is 0. The van der Waals surface area contributed by atoms with Crippen LogP contribution < -0.4 is 10.6 Å². The highest BCUT2D eigenvalue weighted by atomic mass is 16.6. The number of esters is 1. The van der Waals surface area contributed by atoms with Crippen LogP contribution in [0.3, 0.4) is 0 Å². The first-order valence-electron chi connectivity index (χ1n) is 10.0. The lowest BCUT2D eigenvalue weighted by Crippen LogP contribution is -2.51. The SMILES string of the molecule is CCC(C)(C)C(=O)CNC(C)(C)C(=O)OCCOCCNC(C)(C)C(C)C. The molecule has 0 aliphatic heterocycles. The van der Waals surface area contributed by atoms with Gasteiger partial charge in [0.2, 0.25) is 0 Å². The number of ketones is 1. The van der Waals surface area contributed by atoms with Crippen molar-refractivity contribution in [2.24, 2.45) is 11.3 Å². The average Bonchev–Trinajstić information content (AvgIpc) is 2.58. The van der Waals surface area contributed by atoms with Crippen molar-refractivity contribution < 1.29 is 19.1 Å². The summed E-state index contributed by atoms with van der Waals surface area (Å²) in [6.45, 7) is 20.0.